The minimum absolute atomic E-state index is 0.0542. The third kappa shape index (κ3) is 2.90. The molecule has 1 aromatic heterocycles. The van der Waals surface area contributed by atoms with Crippen molar-refractivity contribution in [3.8, 4) is 0 Å². The zero-order valence-electron chi connectivity index (χ0n) is 12.3. The molecule has 2 aromatic rings. The minimum Gasteiger partial charge on any atom is -0.368 e. The lowest BCUT2D eigenvalue weighted by Gasteiger charge is -2.15. The van der Waals surface area contributed by atoms with Crippen LogP contribution in [0.5, 0.6) is 0 Å². The summed E-state index contributed by atoms with van der Waals surface area (Å²) in [5, 5.41) is 0. The van der Waals surface area contributed by atoms with Gasteiger partial charge in [-0.2, -0.15) is 0 Å². The number of halogens is 1. The Morgan fingerprint density at radius 2 is 2.23 bits per heavy atom. The molecule has 22 heavy (non-hydrogen) atoms. The lowest BCUT2D eigenvalue weighted by Crippen LogP contribution is -2.25. The van der Waals surface area contributed by atoms with E-state index in [0.29, 0.717) is 31.5 Å². The summed E-state index contributed by atoms with van der Waals surface area (Å²) in [5.41, 5.74) is 8.89. The first-order valence-corrected chi connectivity index (χ1v) is 7.16. The third-order valence-corrected chi connectivity index (χ3v) is 3.88. The third-order valence-electron chi connectivity index (χ3n) is 3.88. The van der Waals surface area contributed by atoms with Gasteiger partial charge in [0.2, 0.25) is 11.9 Å². The Kier molecular flexibility index (Phi) is 3.75. The van der Waals surface area contributed by atoms with Crippen molar-refractivity contribution in [2.24, 2.45) is 0 Å². The molecular formula is C16H17FN4O. The molecule has 2 heterocycles. The molecule has 1 aliphatic rings. The lowest BCUT2D eigenvalue weighted by molar-refractivity contribution is -0.131. The normalized spacial score (nSPS) is 13.3. The standard InChI is InChI=1S/C16H17FN4O/c1-10-6-11(2-4-13(10)17)3-5-15(22)21-8-12-7-19-16(18)20-14(12)9-21/h2,4,6-7H,3,5,8-9H2,1H3,(H2,18,19,20). The maximum absolute atomic E-state index is 13.2. The number of anilines is 1. The van der Waals surface area contributed by atoms with Crippen molar-refractivity contribution in [2.75, 3.05) is 5.73 Å². The van der Waals surface area contributed by atoms with Crippen molar-refractivity contribution in [1.29, 1.82) is 0 Å². The SMILES string of the molecule is Cc1cc(CCC(=O)N2Cc3cnc(N)nc3C2)ccc1F. The van der Waals surface area contributed by atoms with E-state index in [1.165, 1.54) is 6.07 Å². The molecule has 3 rings (SSSR count). The van der Waals surface area contributed by atoms with Crippen LogP contribution in [0.25, 0.3) is 0 Å². The number of carbonyl (C=O) groups excluding carboxylic acids is 1. The Morgan fingerprint density at radius 1 is 1.41 bits per heavy atom. The van der Waals surface area contributed by atoms with Gasteiger partial charge in [0.15, 0.2) is 0 Å². The molecule has 114 valence electrons. The van der Waals surface area contributed by atoms with E-state index in [2.05, 4.69) is 9.97 Å². The van der Waals surface area contributed by atoms with E-state index < -0.39 is 0 Å². The molecule has 2 N–H and O–H groups in total. The number of nitrogens with zero attached hydrogens (tertiary/aromatic N) is 3. The van der Waals surface area contributed by atoms with E-state index in [4.69, 9.17) is 5.73 Å². The van der Waals surface area contributed by atoms with Gasteiger partial charge in [-0.3, -0.25) is 4.79 Å². The van der Waals surface area contributed by atoms with Gasteiger partial charge in [-0.1, -0.05) is 12.1 Å². The van der Waals surface area contributed by atoms with Gasteiger partial charge in [0, 0.05) is 24.7 Å². The summed E-state index contributed by atoms with van der Waals surface area (Å²) in [7, 11) is 0. The second-order valence-corrected chi connectivity index (χ2v) is 5.53. The molecule has 0 bridgehead atoms. The van der Waals surface area contributed by atoms with E-state index in [0.717, 1.165) is 16.8 Å². The van der Waals surface area contributed by atoms with Crippen LogP contribution >= 0.6 is 0 Å². The first-order chi connectivity index (χ1) is 10.5. The van der Waals surface area contributed by atoms with Crippen LogP contribution in [0.1, 0.15) is 28.8 Å². The summed E-state index contributed by atoms with van der Waals surface area (Å²) in [4.78, 5) is 22.1. The van der Waals surface area contributed by atoms with Crippen LogP contribution in [-0.4, -0.2) is 20.8 Å². The summed E-state index contributed by atoms with van der Waals surface area (Å²) >= 11 is 0. The van der Waals surface area contributed by atoms with Crippen LogP contribution in [0, 0.1) is 12.7 Å². The molecule has 0 radical (unpaired) electrons. The number of rotatable bonds is 3. The summed E-state index contributed by atoms with van der Waals surface area (Å²) in [6.07, 6.45) is 2.66. The van der Waals surface area contributed by atoms with Gasteiger partial charge in [0.25, 0.3) is 0 Å². The number of aryl methyl sites for hydroxylation is 2. The zero-order chi connectivity index (χ0) is 15.7. The number of hydrogen-bond acceptors (Lipinski definition) is 4. The highest BCUT2D eigenvalue weighted by Gasteiger charge is 2.24. The van der Waals surface area contributed by atoms with Crippen LogP contribution in [0.2, 0.25) is 0 Å². The largest absolute Gasteiger partial charge is 0.368 e. The van der Waals surface area contributed by atoms with Gasteiger partial charge >= 0.3 is 0 Å². The quantitative estimate of drug-likeness (QED) is 0.941. The van der Waals surface area contributed by atoms with E-state index in [9.17, 15) is 9.18 Å². The molecule has 0 saturated carbocycles. The second kappa shape index (κ2) is 5.71. The monoisotopic (exact) mass is 300 g/mol. The number of nitrogen functional groups attached to an aromatic ring is 1. The fraction of sp³-hybridized carbons (Fsp3) is 0.312. The first-order valence-electron chi connectivity index (χ1n) is 7.16. The van der Waals surface area contributed by atoms with Crippen LogP contribution in [0.4, 0.5) is 10.3 Å². The van der Waals surface area contributed by atoms with Gasteiger partial charge in [-0.05, 0) is 30.5 Å². The second-order valence-electron chi connectivity index (χ2n) is 5.53. The molecule has 0 fully saturated rings. The Hall–Kier alpha value is -2.50. The number of benzene rings is 1. The highest BCUT2D eigenvalue weighted by atomic mass is 19.1. The van der Waals surface area contributed by atoms with Crippen molar-refractivity contribution >= 4 is 11.9 Å². The van der Waals surface area contributed by atoms with Gasteiger partial charge < -0.3 is 10.6 Å². The topological polar surface area (TPSA) is 72.1 Å². The summed E-state index contributed by atoms with van der Waals surface area (Å²) in [6.45, 7) is 2.72. The molecule has 6 heteroatoms. The Morgan fingerprint density at radius 3 is 3.00 bits per heavy atom. The predicted octanol–water partition coefficient (Wildman–Crippen LogP) is 1.98. The zero-order valence-corrected chi connectivity index (χ0v) is 12.3. The maximum Gasteiger partial charge on any atom is 0.223 e. The molecule has 5 nitrogen and oxygen atoms in total. The lowest BCUT2D eigenvalue weighted by atomic mass is 10.1. The fourth-order valence-electron chi connectivity index (χ4n) is 2.62. The highest BCUT2D eigenvalue weighted by molar-refractivity contribution is 5.77. The molecule has 1 aliphatic heterocycles. The molecule has 0 atom stereocenters. The predicted molar refractivity (Wildman–Crippen MR) is 80.2 cm³/mol. The smallest absolute Gasteiger partial charge is 0.223 e. The number of hydrogen-bond donors (Lipinski definition) is 1. The van der Waals surface area contributed by atoms with E-state index >= 15 is 0 Å². The van der Waals surface area contributed by atoms with Gasteiger partial charge in [-0.15, -0.1) is 0 Å². The van der Waals surface area contributed by atoms with E-state index in [1.807, 2.05) is 0 Å². The Balaban J connectivity index is 1.60. The van der Waals surface area contributed by atoms with Crippen molar-refractivity contribution in [1.82, 2.24) is 14.9 Å². The number of aromatic nitrogens is 2. The van der Waals surface area contributed by atoms with Crippen molar-refractivity contribution in [2.45, 2.75) is 32.9 Å². The van der Waals surface area contributed by atoms with Crippen molar-refractivity contribution in [3.05, 3.63) is 52.6 Å². The number of carbonyl (C=O) groups is 1. The Bertz CT molecular complexity index is 732. The average molecular weight is 300 g/mol. The van der Waals surface area contributed by atoms with E-state index in [1.54, 1.807) is 30.2 Å². The average Bonchev–Trinajstić information content (AvgIpc) is 2.91. The Labute approximate surface area is 128 Å². The van der Waals surface area contributed by atoms with Crippen LogP contribution in [-0.2, 0) is 24.3 Å². The molecule has 0 unspecified atom stereocenters. The highest BCUT2D eigenvalue weighted by Crippen LogP contribution is 2.22. The summed E-state index contributed by atoms with van der Waals surface area (Å²) in [6, 6.07) is 4.95. The number of fused-ring (bicyclic) bond motifs is 1. The summed E-state index contributed by atoms with van der Waals surface area (Å²) in [5.74, 6) is 0.0645. The molecule has 0 spiro atoms. The molecule has 1 aromatic carbocycles. The van der Waals surface area contributed by atoms with Crippen molar-refractivity contribution in [3.63, 3.8) is 0 Å². The van der Waals surface area contributed by atoms with Crippen LogP contribution in [0.3, 0.4) is 0 Å². The van der Waals surface area contributed by atoms with Gasteiger partial charge in [-0.25, -0.2) is 14.4 Å². The number of nitrogens with two attached hydrogens (primary N) is 1. The van der Waals surface area contributed by atoms with E-state index in [-0.39, 0.29) is 17.7 Å². The molecule has 0 saturated heterocycles. The van der Waals surface area contributed by atoms with Crippen LogP contribution in [0.15, 0.2) is 24.4 Å². The van der Waals surface area contributed by atoms with Crippen LogP contribution < -0.4 is 5.73 Å². The van der Waals surface area contributed by atoms with Gasteiger partial charge in [0.05, 0.1) is 12.2 Å². The molecule has 1 amide bonds. The first kappa shape index (κ1) is 14.4. The molecule has 0 aliphatic carbocycles. The summed E-state index contributed by atoms with van der Waals surface area (Å²) < 4.78 is 13.2. The minimum atomic E-state index is -0.221. The molecular weight excluding hydrogens is 283 g/mol. The maximum atomic E-state index is 13.2. The fourth-order valence-corrected chi connectivity index (χ4v) is 2.62. The number of amides is 1. The van der Waals surface area contributed by atoms with Gasteiger partial charge in [0.1, 0.15) is 5.82 Å². The van der Waals surface area contributed by atoms with Crippen molar-refractivity contribution < 1.29 is 9.18 Å².